The smallest absolute Gasteiger partial charge is 0.0400 e. The van der Waals surface area contributed by atoms with E-state index in [0.717, 1.165) is 26.2 Å². The lowest BCUT2D eigenvalue weighted by Gasteiger charge is -2.28. The quantitative estimate of drug-likeness (QED) is 0.776. The number of rotatable bonds is 4. The van der Waals surface area contributed by atoms with Gasteiger partial charge in [0.05, 0.1) is 0 Å². The van der Waals surface area contributed by atoms with Gasteiger partial charge in [0.2, 0.25) is 0 Å². The lowest BCUT2D eigenvalue weighted by atomic mass is 9.99. The first-order valence-corrected chi connectivity index (χ1v) is 7.32. The zero-order chi connectivity index (χ0) is 13.9. The van der Waals surface area contributed by atoms with Gasteiger partial charge in [-0.3, -0.25) is 4.90 Å². The molecule has 0 fully saturated rings. The molecule has 1 aromatic heterocycles. The van der Waals surface area contributed by atoms with Crippen molar-refractivity contribution in [1.29, 1.82) is 0 Å². The second-order valence-electron chi connectivity index (χ2n) is 5.60. The maximum Gasteiger partial charge on any atom is 0.0400 e. The Balaban J connectivity index is 0.00000161. The van der Waals surface area contributed by atoms with Crippen LogP contribution < -0.4 is 0 Å². The van der Waals surface area contributed by atoms with Gasteiger partial charge in [-0.25, -0.2) is 0 Å². The Hall–Kier alpha value is -1.51. The molecule has 0 unspecified atom stereocenters. The van der Waals surface area contributed by atoms with Crippen LogP contribution in [-0.2, 0) is 26.1 Å². The molecule has 2 heterocycles. The lowest BCUT2D eigenvalue weighted by Crippen LogP contribution is -2.30. The number of benzene rings is 1. The fourth-order valence-corrected chi connectivity index (χ4v) is 3.03. The van der Waals surface area contributed by atoms with Crippen molar-refractivity contribution < 1.29 is 0 Å². The number of allylic oxidation sites excluding steroid dienone is 1. The van der Waals surface area contributed by atoms with Gasteiger partial charge in [0.15, 0.2) is 0 Å². The van der Waals surface area contributed by atoms with Crippen LogP contribution in [0.25, 0.3) is 0 Å². The summed E-state index contributed by atoms with van der Waals surface area (Å²) < 4.78 is 2.26. The molecule has 0 amide bonds. The number of hydrogen-bond donors (Lipinski definition) is 0. The van der Waals surface area contributed by atoms with Crippen LogP contribution in [0.1, 0.15) is 22.4 Å². The van der Waals surface area contributed by atoms with E-state index in [0.29, 0.717) is 0 Å². The van der Waals surface area contributed by atoms with E-state index in [-0.39, 0.29) is 12.4 Å². The molecule has 21 heavy (non-hydrogen) atoms. The van der Waals surface area contributed by atoms with E-state index in [9.17, 15) is 0 Å². The molecule has 3 heteroatoms. The van der Waals surface area contributed by atoms with Crippen molar-refractivity contribution in [2.75, 3.05) is 6.54 Å². The summed E-state index contributed by atoms with van der Waals surface area (Å²) >= 11 is 0. The molecule has 1 aromatic carbocycles. The maximum atomic E-state index is 3.82. The lowest BCUT2D eigenvalue weighted by molar-refractivity contribution is 0.245. The van der Waals surface area contributed by atoms with Crippen LogP contribution in [0, 0.1) is 6.92 Å². The molecule has 3 rings (SSSR count). The van der Waals surface area contributed by atoms with Gasteiger partial charge in [-0.2, -0.15) is 0 Å². The van der Waals surface area contributed by atoms with Crippen LogP contribution in [0.15, 0.2) is 49.2 Å². The molecule has 1 aliphatic rings. The first-order chi connectivity index (χ1) is 9.78. The highest BCUT2D eigenvalue weighted by Gasteiger charge is 2.17. The zero-order valence-electron chi connectivity index (χ0n) is 12.6. The Labute approximate surface area is 133 Å². The average Bonchev–Trinajstić information content (AvgIpc) is 2.81. The number of hydrogen-bond acceptors (Lipinski definition) is 1. The van der Waals surface area contributed by atoms with Gasteiger partial charge in [-0.1, -0.05) is 30.3 Å². The summed E-state index contributed by atoms with van der Waals surface area (Å²) in [6.45, 7) is 10.2. The first-order valence-electron chi connectivity index (χ1n) is 7.32. The molecule has 2 aromatic rings. The van der Waals surface area contributed by atoms with Crippen molar-refractivity contribution in [1.82, 2.24) is 9.47 Å². The fourth-order valence-electron chi connectivity index (χ4n) is 3.03. The normalized spacial score (nSPS) is 14.3. The van der Waals surface area contributed by atoms with Gasteiger partial charge in [-0.05, 0) is 36.1 Å². The van der Waals surface area contributed by atoms with E-state index >= 15 is 0 Å². The van der Waals surface area contributed by atoms with Gasteiger partial charge < -0.3 is 4.57 Å². The van der Waals surface area contributed by atoms with Gasteiger partial charge in [0.25, 0.3) is 0 Å². The van der Waals surface area contributed by atoms with Crippen molar-refractivity contribution in [2.45, 2.75) is 33.0 Å². The van der Waals surface area contributed by atoms with E-state index in [1.54, 1.807) is 0 Å². The highest BCUT2D eigenvalue weighted by Crippen LogP contribution is 2.21. The van der Waals surface area contributed by atoms with E-state index in [1.165, 1.54) is 28.8 Å². The molecule has 112 valence electrons. The molecule has 0 radical (unpaired) electrons. The monoisotopic (exact) mass is 302 g/mol. The van der Waals surface area contributed by atoms with Gasteiger partial charge in [0, 0.05) is 38.1 Å². The summed E-state index contributed by atoms with van der Waals surface area (Å²) in [6, 6.07) is 11.1. The summed E-state index contributed by atoms with van der Waals surface area (Å²) in [6.07, 6.45) is 5.29. The third kappa shape index (κ3) is 3.39. The molecule has 0 atom stereocenters. The molecule has 0 N–H and O–H groups in total. The predicted octanol–water partition coefficient (Wildman–Crippen LogP) is 3.96. The summed E-state index contributed by atoms with van der Waals surface area (Å²) in [5, 5.41) is 0. The van der Waals surface area contributed by atoms with Crippen molar-refractivity contribution in [2.24, 2.45) is 0 Å². The molecular weight excluding hydrogens is 280 g/mol. The third-order valence-electron chi connectivity index (χ3n) is 4.28. The molecule has 0 bridgehead atoms. The van der Waals surface area contributed by atoms with E-state index in [4.69, 9.17) is 0 Å². The molecule has 0 saturated carbocycles. The third-order valence-corrected chi connectivity index (χ3v) is 4.28. The van der Waals surface area contributed by atoms with Crippen LogP contribution in [0.2, 0.25) is 0 Å². The Morgan fingerprint density at radius 2 is 1.95 bits per heavy atom. The van der Waals surface area contributed by atoms with Crippen LogP contribution in [0.5, 0.6) is 0 Å². The van der Waals surface area contributed by atoms with Crippen molar-refractivity contribution in [3.8, 4) is 0 Å². The molecule has 0 spiro atoms. The van der Waals surface area contributed by atoms with Crippen LogP contribution in [-0.4, -0.2) is 16.0 Å². The summed E-state index contributed by atoms with van der Waals surface area (Å²) in [7, 11) is 0. The molecule has 2 nitrogen and oxygen atoms in total. The largest absolute Gasteiger partial charge is 0.348 e. The first kappa shape index (κ1) is 15.9. The second kappa shape index (κ2) is 6.97. The van der Waals surface area contributed by atoms with E-state index in [1.807, 2.05) is 6.08 Å². The van der Waals surface area contributed by atoms with Crippen LogP contribution >= 0.6 is 12.4 Å². The standard InChI is InChI=1S/C18H22N2.ClH/c1-3-10-20-12-9-17(15(20)2)13-19-11-8-16-6-4-5-7-18(16)14-19;/h3-7,9,12H,1,8,10-11,13-14H2,2H3;1H. The number of aromatic nitrogens is 1. The number of nitrogens with zero attached hydrogens (tertiary/aromatic N) is 2. The minimum atomic E-state index is 0. The maximum absolute atomic E-state index is 3.82. The second-order valence-corrected chi connectivity index (χ2v) is 5.60. The Morgan fingerprint density at radius 1 is 1.19 bits per heavy atom. The van der Waals surface area contributed by atoms with Crippen LogP contribution in [0.4, 0.5) is 0 Å². The average molecular weight is 303 g/mol. The molecular formula is C18H23ClN2. The van der Waals surface area contributed by atoms with Gasteiger partial charge in [-0.15, -0.1) is 19.0 Å². The Morgan fingerprint density at radius 3 is 2.71 bits per heavy atom. The SMILES string of the molecule is C=CCn1ccc(CN2CCc3ccccc3C2)c1C.Cl. The number of halogens is 1. The molecule has 0 saturated heterocycles. The molecule has 0 aliphatic carbocycles. The summed E-state index contributed by atoms with van der Waals surface area (Å²) in [5.41, 5.74) is 5.81. The minimum absolute atomic E-state index is 0. The van der Waals surface area contributed by atoms with Gasteiger partial charge >= 0.3 is 0 Å². The van der Waals surface area contributed by atoms with Gasteiger partial charge in [0.1, 0.15) is 0 Å². The Bertz CT molecular complexity index is 615. The Kier molecular flexibility index (Phi) is 5.27. The summed E-state index contributed by atoms with van der Waals surface area (Å²) in [5.74, 6) is 0. The van der Waals surface area contributed by atoms with Crippen LogP contribution in [0.3, 0.4) is 0 Å². The highest BCUT2D eigenvalue weighted by molar-refractivity contribution is 5.85. The molecule has 1 aliphatic heterocycles. The summed E-state index contributed by atoms with van der Waals surface area (Å²) in [4.78, 5) is 2.54. The highest BCUT2D eigenvalue weighted by atomic mass is 35.5. The zero-order valence-corrected chi connectivity index (χ0v) is 13.4. The van der Waals surface area contributed by atoms with Crippen molar-refractivity contribution in [3.63, 3.8) is 0 Å². The fraction of sp³-hybridized carbons (Fsp3) is 0.333. The topological polar surface area (TPSA) is 8.17 Å². The number of fused-ring (bicyclic) bond motifs is 1. The minimum Gasteiger partial charge on any atom is -0.348 e. The predicted molar refractivity (Wildman–Crippen MR) is 90.9 cm³/mol. The van der Waals surface area contributed by atoms with E-state index in [2.05, 4.69) is 59.5 Å². The van der Waals surface area contributed by atoms with E-state index < -0.39 is 0 Å². The van der Waals surface area contributed by atoms with Crippen molar-refractivity contribution in [3.05, 3.63) is 71.6 Å². The van der Waals surface area contributed by atoms with Crippen molar-refractivity contribution >= 4 is 12.4 Å².